The van der Waals surface area contributed by atoms with Crippen molar-refractivity contribution in [2.45, 2.75) is 5.75 Å². The number of aromatic nitrogens is 2. The Labute approximate surface area is 129 Å². The summed E-state index contributed by atoms with van der Waals surface area (Å²) < 4.78 is 0.808. The van der Waals surface area contributed by atoms with E-state index in [0.717, 1.165) is 28.0 Å². The fraction of sp³-hybridized carbons (Fsp3) is 0.364. The molecule has 0 aliphatic heterocycles. The molecule has 1 aromatic heterocycles. The zero-order chi connectivity index (χ0) is 14.8. The molecule has 0 saturated carbocycles. The van der Waals surface area contributed by atoms with E-state index in [9.17, 15) is 10.1 Å². The van der Waals surface area contributed by atoms with Gasteiger partial charge in [0.25, 0.3) is 6.20 Å². The highest BCUT2D eigenvalue weighted by Gasteiger charge is 2.03. The maximum absolute atomic E-state index is 10.4. The number of nitro groups is 1. The first-order valence-electron chi connectivity index (χ1n) is 5.65. The van der Waals surface area contributed by atoms with Crippen LogP contribution in [-0.2, 0) is 5.75 Å². The quantitative estimate of drug-likeness (QED) is 0.266. The number of rotatable bonds is 9. The molecule has 0 aromatic carbocycles. The predicted molar refractivity (Wildman–Crippen MR) is 82.4 cm³/mol. The summed E-state index contributed by atoms with van der Waals surface area (Å²) >= 11 is 5.01. The van der Waals surface area contributed by atoms with Crippen LogP contribution >= 0.6 is 27.7 Å². The molecule has 20 heavy (non-hydrogen) atoms. The molecule has 1 aromatic rings. The first-order chi connectivity index (χ1) is 9.63. The van der Waals surface area contributed by atoms with Gasteiger partial charge in [-0.15, -0.1) is 6.42 Å². The zero-order valence-corrected chi connectivity index (χ0v) is 13.0. The van der Waals surface area contributed by atoms with Gasteiger partial charge in [0, 0.05) is 18.1 Å². The van der Waals surface area contributed by atoms with Crippen molar-refractivity contribution >= 4 is 27.7 Å². The van der Waals surface area contributed by atoms with Gasteiger partial charge in [-0.1, -0.05) is 5.92 Å². The van der Waals surface area contributed by atoms with E-state index in [1.54, 1.807) is 18.1 Å². The third-order valence-electron chi connectivity index (χ3n) is 2.09. The van der Waals surface area contributed by atoms with Gasteiger partial charge in [0.1, 0.15) is 4.60 Å². The number of H-pyrrole nitrogens is 1. The molecule has 7 nitrogen and oxygen atoms in total. The summed E-state index contributed by atoms with van der Waals surface area (Å²) in [4.78, 5) is 17.0. The molecule has 0 radical (unpaired) electrons. The van der Waals surface area contributed by atoms with Crippen LogP contribution in [0, 0.1) is 22.5 Å². The average Bonchev–Trinajstić information content (AvgIpc) is 2.80. The largest absolute Gasteiger partial charge is 0.366 e. The van der Waals surface area contributed by atoms with E-state index in [-0.39, 0.29) is 6.54 Å². The number of terminal acetylenes is 1. The first-order valence-corrected chi connectivity index (χ1v) is 7.60. The number of thioether (sulfide) groups is 1. The highest BCUT2D eigenvalue weighted by molar-refractivity contribution is 9.10. The molecule has 0 atom stereocenters. The molecule has 0 bridgehead atoms. The molecular weight excluding hydrogens is 346 g/mol. The van der Waals surface area contributed by atoms with E-state index in [1.807, 2.05) is 0 Å². The fourth-order valence-corrected chi connectivity index (χ4v) is 2.60. The Morgan fingerprint density at radius 3 is 3.10 bits per heavy atom. The number of hydrogen-bond acceptors (Lipinski definition) is 6. The summed E-state index contributed by atoms with van der Waals surface area (Å²) in [5.74, 6) is 4.25. The molecule has 0 unspecified atom stereocenters. The van der Waals surface area contributed by atoms with Gasteiger partial charge in [0.2, 0.25) is 0 Å². The third-order valence-corrected chi connectivity index (χ3v) is 3.76. The second kappa shape index (κ2) is 9.28. The Morgan fingerprint density at radius 2 is 2.50 bits per heavy atom. The van der Waals surface area contributed by atoms with E-state index in [4.69, 9.17) is 6.42 Å². The topological polar surface area (TPSA) is 95.9 Å². The third kappa shape index (κ3) is 6.49. The van der Waals surface area contributed by atoms with E-state index < -0.39 is 4.92 Å². The number of aromatic amines is 1. The number of hydrogen-bond donors (Lipinski definition) is 3. The van der Waals surface area contributed by atoms with Crippen LogP contribution in [0.1, 0.15) is 5.69 Å². The lowest BCUT2D eigenvalue weighted by Crippen LogP contribution is -2.29. The van der Waals surface area contributed by atoms with Crippen molar-refractivity contribution in [2.75, 3.05) is 18.8 Å². The van der Waals surface area contributed by atoms with Gasteiger partial charge in [-0.05, 0) is 15.9 Å². The van der Waals surface area contributed by atoms with Crippen LogP contribution in [0.2, 0.25) is 0 Å². The summed E-state index contributed by atoms with van der Waals surface area (Å²) in [6, 6.07) is 0. The van der Waals surface area contributed by atoms with Crippen molar-refractivity contribution in [3.05, 3.63) is 38.8 Å². The Hall–Kier alpha value is -1.66. The highest BCUT2D eigenvalue weighted by Crippen LogP contribution is 2.17. The Bertz CT molecular complexity index is 511. The minimum Gasteiger partial charge on any atom is -0.366 e. The molecule has 0 aliphatic carbocycles. The molecule has 108 valence electrons. The zero-order valence-electron chi connectivity index (χ0n) is 10.6. The van der Waals surface area contributed by atoms with Crippen LogP contribution in [0.25, 0.3) is 0 Å². The minimum absolute atomic E-state index is 0.237. The highest BCUT2D eigenvalue weighted by atomic mass is 79.9. The minimum atomic E-state index is -0.527. The predicted octanol–water partition coefficient (Wildman–Crippen LogP) is 1.29. The molecule has 0 aliphatic rings. The van der Waals surface area contributed by atoms with E-state index in [0.29, 0.717) is 12.4 Å². The molecule has 3 N–H and O–H groups in total. The molecule has 1 heterocycles. The second-order valence-electron chi connectivity index (χ2n) is 3.54. The molecule has 0 amide bonds. The van der Waals surface area contributed by atoms with Crippen molar-refractivity contribution in [3.63, 3.8) is 0 Å². The summed E-state index contributed by atoms with van der Waals surface area (Å²) in [6.07, 6.45) is 7.59. The van der Waals surface area contributed by atoms with Gasteiger partial charge >= 0.3 is 0 Å². The normalized spacial score (nSPS) is 10.9. The number of halogens is 1. The van der Waals surface area contributed by atoms with Crippen LogP contribution in [0.4, 0.5) is 0 Å². The summed E-state index contributed by atoms with van der Waals surface area (Å²) in [5, 5.41) is 16.1. The maximum atomic E-state index is 10.4. The lowest BCUT2D eigenvalue weighted by molar-refractivity contribution is -0.404. The Morgan fingerprint density at radius 1 is 1.70 bits per heavy atom. The first kappa shape index (κ1) is 16.4. The average molecular weight is 360 g/mol. The summed E-state index contributed by atoms with van der Waals surface area (Å²) in [6.45, 7) is 0.828. The van der Waals surface area contributed by atoms with Gasteiger partial charge in [0.05, 0.1) is 23.5 Å². The lowest BCUT2D eigenvalue weighted by Gasteiger charge is -2.08. The number of imidazole rings is 1. The van der Waals surface area contributed by atoms with E-state index >= 15 is 0 Å². The fourth-order valence-electron chi connectivity index (χ4n) is 1.24. The molecule has 0 saturated heterocycles. The monoisotopic (exact) mass is 359 g/mol. The lowest BCUT2D eigenvalue weighted by atomic mass is 10.6. The molecular formula is C11H14BrN5O2S. The molecule has 0 spiro atoms. The van der Waals surface area contributed by atoms with Crippen LogP contribution in [-0.4, -0.2) is 33.7 Å². The Kier molecular flexibility index (Phi) is 7.60. The van der Waals surface area contributed by atoms with E-state index in [1.165, 1.54) is 0 Å². The standard InChI is InChI=1S/C11H14BrN5O2S/c1-2-3-13-10(6-17(18)19)14-4-5-20-7-9-11(12)16-8-15-9/h1,6,8,13-14H,3-5,7H2,(H,15,16)/b10-6-. The number of nitrogens with one attached hydrogen (secondary N) is 3. The molecule has 9 heteroatoms. The van der Waals surface area contributed by atoms with Crippen LogP contribution < -0.4 is 10.6 Å². The van der Waals surface area contributed by atoms with Crippen molar-refractivity contribution < 1.29 is 4.92 Å². The molecule has 1 rings (SSSR count). The van der Waals surface area contributed by atoms with Crippen LogP contribution in [0.5, 0.6) is 0 Å². The van der Waals surface area contributed by atoms with Crippen molar-refractivity contribution in [1.82, 2.24) is 20.6 Å². The summed E-state index contributed by atoms with van der Waals surface area (Å²) in [7, 11) is 0. The van der Waals surface area contributed by atoms with Crippen molar-refractivity contribution in [3.8, 4) is 12.3 Å². The van der Waals surface area contributed by atoms with Crippen molar-refractivity contribution in [1.29, 1.82) is 0 Å². The van der Waals surface area contributed by atoms with E-state index in [2.05, 4.69) is 42.5 Å². The van der Waals surface area contributed by atoms with Crippen LogP contribution in [0.15, 0.2) is 23.0 Å². The SMILES string of the molecule is C#CCN/C(=C/[N+](=O)[O-])NCCSCc1[nH]cnc1Br. The molecule has 0 fully saturated rings. The summed E-state index contributed by atoms with van der Waals surface area (Å²) in [5.41, 5.74) is 1.02. The van der Waals surface area contributed by atoms with Crippen LogP contribution in [0.3, 0.4) is 0 Å². The van der Waals surface area contributed by atoms with Gasteiger partial charge < -0.3 is 15.6 Å². The van der Waals surface area contributed by atoms with Crippen molar-refractivity contribution in [2.24, 2.45) is 0 Å². The van der Waals surface area contributed by atoms with Gasteiger partial charge in [-0.2, -0.15) is 11.8 Å². The smallest absolute Gasteiger partial charge is 0.274 e. The Balaban J connectivity index is 2.25. The maximum Gasteiger partial charge on any atom is 0.274 e. The van der Waals surface area contributed by atoms with Gasteiger partial charge in [-0.25, -0.2) is 4.98 Å². The second-order valence-corrected chi connectivity index (χ2v) is 5.39. The van der Waals surface area contributed by atoms with Gasteiger partial charge in [0.15, 0.2) is 5.82 Å². The number of nitrogens with zero attached hydrogens (tertiary/aromatic N) is 2. The van der Waals surface area contributed by atoms with Gasteiger partial charge in [-0.3, -0.25) is 10.1 Å².